The van der Waals surface area contributed by atoms with Crippen molar-refractivity contribution in [3.63, 3.8) is 0 Å². The van der Waals surface area contributed by atoms with Gasteiger partial charge in [-0.3, -0.25) is 0 Å². The van der Waals surface area contributed by atoms with Crippen LogP contribution >= 0.6 is 0 Å². The number of benzene rings is 1. The van der Waals surface area contributed by atoms with Crippen molar-refractivity contribution in [1.82, 2.24) is 19.5 Å². The molecule has 1 aromatic heterocycles. The van der Waals surface area contributed by atoms with Gasteiger partial charge in [0.25, 0.3) is 0 Å². The van der Waals surface area contributed by atoms with E-state index in [1.165, 1.54) is 10.6 Å². The largest absolute Gasteiger partial charge is 0.366 e. The molecule has 1 saturated carbocycles. The highest BCUT2D eigenvalue weighted by Gasteiger charge is 2.58. The SMILES string of the molecule is C[C@H]1CCCS(=O)(=O)N1Cc1cc(F)c(C2(c3nnc[nH]3)CC(O)(O)C2)cc1F. The molecule has 1 saturated heterocycles. The molecule has 1 aromatic carbocycles. The number of H-pyrrole nitrogens is 1. The van der Waals surface area contributed by atoms with Crippen LogP contribution in [-0.4, -0.2) is 55.7 Å². The Morgan fingerprint density at radius 2 is 2.00 bits per heavy atom. The summed E-state index contributed by atoms with van der Waals surface area (Å²) in [4.78, 5) is 2.74. The van der Waals surface area contributed by atoms with E-state index >= 15 is 4.39 Å². The van der Waals surface area contributed by atoms with Crippen LogP contribution in [0.1, 0.15) is 49.6 Å². The van der Waals surface area contributed by atoms with Crippen molar-refractivity contribution < 1.29 is 27.4 Å². The number of hydrogen-bond acceptors (Lipinski definition) is 6. The van der Waals surface area contributed by atoms with Crippen molar-refractivity contribution >= 4 is 10.0 Å². The molecule has 0 amide bonds. The summed E-state index contributed by atoms with van der Waals surface area (Å²) in [5.74, 6) is -3.36. The van der Waals surface area contributed by atoms with E-state index in [4.69, 9.17) is 0 Å². The predicted molar refractivity (Wildman–Crippen MR) is 97.9 cm³/mol. The first-order chi connectivity index (χ1) is 13.5. The van der Waals surface area contributed by atoms with Crippen LogP contribution in [0.5, 0.6) is 0 Å². The maximum Gasteiger partial charge on any atom is 0.214 e. The molecule has 8 nitrogen and oxygen atoms in total. The molecular weight excluding hydrogens is 406 g/mol. The molecule has 0 bridgehead atoms. The highest BCUT2D eigenvalue weighted by Crippen LogP contribution is 2.53. The Balaban J connectivity index is 1.71. The zero-order valence-electron chi connectivity index (χ0n) is 15.8. The van der Waals surface area contributed by atoms with Gasteiger partial charge in [0.1, 0.15) is 23.8 Å². The molecule has 4 rings (SSSR count). The predicted octanol–water partition coefficient (Wildman–Crippen LogP) is 1.16. The van der Waals surface area contributed by atoms with E-state index in [1.54, 1.807) is 6.92 Å². The zero-order valence-corrected chi connectivity index (χ0v) is 16.6. The lowest BCUT2D eigenvalue weighted by Crippen LogP contribution is -2.56. The number of rotatable bonds is 4. The molecular formula is C18H22F2N4O4S. The van der Waals surface area contributed by atoms with Crippen LogP contribution < -0.4 is 0 Å². The standard InChI is InChI=1S/C18H22F2N4O4S/c1-11-3-2-4-29(27,28)24(11)7-12-5-15(20)13(6-14(12)19)17(8-18(25,26)9-17)16-21-10-22-23-16/h5-6,10-11,25-26H,2-4,7-9H2,1H3,(H,21,22,23)/t11-/m0/s1. The van der Waals surface area contributed by atoms with Crippen LogP contribution in [-0.2, 0) is 22.0 Å². The van der Waals surface area contributed by atoms with Crippen molar-refractivity contribution in [1.29, 1.82) is 0 Å². The second-order valence-corrected chi connectivity index (χ2v) is 10.1. The highest BCUT2D eigenvalue weighted by atomic mass is 32.2. The minimum absolute atomic E-state index is 0.0107. The maximum atomic E-state index is 15.1. The lowest BCUT2D eigenvalue weighted by atomic mass is 9.60. The first kappa shape index (κ1) is 20.3. The molecule has 0 spiro atoms. The zero-order chi connectivity index (χ0) is 21.0. The Bertz CT molecular complexity index is 1020. The number of nitrogens with one attached hydrogen (secondary N) is 1. The van der Waals surface area contributed by atoms with Crippen LogP contribution in [0.4, 0.5) is 8.78 Å². The third kappa shape index (κ3) is 3.45. The van der Waals surface area contributed by atoms with Crippen LogP contribution in [0.15, 0.2) is 18.5 Å². The minimum Gasteiger partial charge on any atom is -0.366 e. The van der Waals surface area contributed by atoms with Gasteiger partial charge in [-0.25, -0.2) is 17.2 Å². The number of nitrogens with zero attached hydrogens (tertiary/aromatic N) is 3. The van der Waals surface area contributed by atoms with E-state index < -0.39 is 32.9 Å². The lowest BCUT2D eigenvalue weighted by Gasteiger charge is -2.49. The quantitative estimate of drug-likeness (QED) is 0.629. The molecule has 3 N–H and O–H groups in total. The van der Waals surface area contributed by atoms with Crippen LogP contribution in [0.25, 0.3) is 0 Å². The van der Waals surface area contributed by atoms with Gasteiger partial charge in [0.15, 0.2) is 5.79 Å². The molecule has 1 aliphatic heterocycles. The molecule has 158 valence electrons. The molecule has 0 radical (unpaired) electrons. The van der Waals surface area contributed by atoms with Crippen molar-refractivity contribution in [2.45, 2.75) is 56.4 Å². The molecule has 11 heteroatoms. The molecule has 29 heavy (non-hydrogen) atoms. The summed E-state index contributed by atoms with van der Waals surface area (Å²) in [7, 11) is -3.53. The fourth-order valence-corrected chi connectivity index (χ4v) is 6.19. The smallest absolute Gasteiger partial charge is 0.214 e. The van der Waals surface area contributed by atoms with Gasteiger partial charge in [-0.15, -0.1) is 10.2 Å². The Labute approximate surface area is 166 Å². The number of halogens is 2. The van der Waals surface area contributed by atoms with Crippen LogP contribution in [0.2, 0.25) is 0 Å². The Morgan fingerprint density at radius 3 is 2.59 bits per heavy atom. The summed E-state index contributed by atoms with van der Waals surface area (Å²) in [5.41, 5.74) is -1.41. The fraction of sp³-hybridized carbons (Fsp3) is 0.556. The van der Waals surface area contributed by atoms with E-state index in [0.717, 1.165) is 12.1 Å². The van der Waals surface area contributed by atoms with Gasteiger partial charge in [-0.1, -0.05) is 0 Å². The molecule has 1 atom stereocenters. The summed E-state index contributed by atoms with van der Waals surface area (Å²) in [6.07, 6.45) is 1.92. The summed E-state index contributed by atoms with van der Waals surface area (Å²) in [6.45, 7) is 1.49. The van der Waals surface area contributed by atoms with Gasteiger partial charge in [0.2, 0.25) is 10.0 Å². The Morgan fingerprint density at radius 1 is 1.28 bits per heavy atom. The second-order valence-electron chi connectivity index (χ2n) is 8.03. The van der Waals surface area contributed by atoms with Crippen molar-refractivity contribution in [3.05, 3.63) is 47.0 Å². The van der Waals surface area contributed by atoms with Gasteiger partial charge in [-0.2, -0.15) is 4.31 Å². The number of aromatic nitrogens is 3. The number of sulfonamides is 1. The third-order valence-electron chi connectivity index (χ3n) is 5.89. The topological polar surface area (TPSA) is 119 Å². The van der Waals surface area contributed by atoms with Gasteiger partial charge in [0, 0.05) is 36.6 Å². The number of aliphatic hydroxyl groups is 2. The lowest BCUT2D eigenvalue weighted by molar-refractivity contribution is -0.238. The minimum atomic E-state index is -3.53. The average Bonchev–Trinajstić information content (AvgIpc) is 3.13. The summed E-state index contributed by atoms with van der Waals surface area (Å²) in [6, 6.07) is 1.67. The van der Waals surface area contributed by atoms with E-state index in [1.807, 2.05) is 0 Å². The molecule has 2 fully saturated rings. The van der Waals surface area contributed by atoms with Crippen molar-refractivity contribution in [3.8, 4) is 0 Å². The van der Waals surface area contributed by atoms with Gasteiger partial charge in [0.05, 0.1) is 11.2 Å². The number of aromatic amines is 1. The van der Waals surface area contributed by atoms with Crippen LogP contribution in [0.3, 0.4) is 0 Å². The summed E-state index contributed by atoms with van der Waals surface area (Å²) >= 11 is 0. The maximum absolute atomic E-state index is 15.1. The van der Waals surface area contributed by atoms with E-state index in [-0.39, 0.29) is 48.1 Å². The van der Waals surface area contributed by atoms with Crippen LogP contribution in [0, 0.1) is 11.6 Å². The van der Waals surface area contributed by atoms with Gasteiger partial charge in [-0.05, 0) is 31.9 Å². The Kier molecular flexibility index (Phi) is 4.76. The second kappa shape index (κ2) is 6.79. The van der Waals surface area contributed by atoms with E-state index in [9.17, 15) is 23.0 Å². The first-order valence-corrected chi connectivity index (χ1v) is 10.9. The first-order valence-electron chi connectivity index (χ1n) is 9.33. The molecule has 2 aromatic rings. The number of hydrogen-bond donors (Lipinski definition) is 3. The normalized spacial score (nSPS) is 25.5. The van der Waals surface area contributed by atoms with Crippen molar-refractivity contribution in [2.75, 3.05) is 5.75 Å². The molecule has 1 aliphatic carbocycles. The van der Waals surface area contributed by atoms with Crippen molar-refractivity contribution in [2.24, 2.45) is 0 Å². The average molecular weight is 428 g/mol. The molecule has 0 unspecified atom stereocenters. The van der Waals surface area contributed by atoms with Gasteiger partial charge < -0.3 is 15.2 Å². The fourth-order valence-electron chi connectivity index (χ4n) is 4.43. The summed E-state index contributed by atoms with van der Waals surface area (Å²) < 4.78 is 55.9. The van der Waals surface area contributed by atoms with E-state index in [2.05, 4.69) is 15.2 Å². The van der Waals surface area contributed by atoms with E-state index in [0.29, 0.717) is 12.8 Å². The molecule has 2 heterocycles. The Hall–Kier alpha value is -1.95. The summed E-state index contributed by atoms with van der Waals surface area (Å²) in [5, 5.41) is 27.2. The third-order valence-corrected chi connectivity index (χ3v) is 7.90. The molecule has 2 aliphatic rings. The highest BCUT2D eigenvalue weighted by molar-refractivity contribution is 7.89. The van der Waals surface area contributed by atoms with Gasteiger partial charge >= 0.3 is 0 Å². The monoisotopic (exact) mass is 428 g/mol.